The predicted octanol–water partition coefficient (Wildman–Crippen LogP) is -5.03. The number of aromatic nitrogens is 2. The number of aliphatic hydroxyl groups excluding tert-OH is 2. The Hall–Kier alpha value is -5.72. The normalized spacial score (nSPS) is 18.0. The number of amides is 8. The van der Waals surface area contributed by atoms with Gasteiger partial charge in [0.25, 0.3) is 0 Å². The summed E-state index contributed by atoms with van der Waals surface area (Å²) in [5.41, 5.74) is 11.8. The van der Waals surface area contributed by atoms with Crippen molar-refractivity contribution in [3.05, 3.63) is 18.2 Å². The van der Waals surface area contributed by atoms with E-state index in [9.17, 15) is 53.4 Å². The lowest BCUT2D eigenvalue weighted by molar-refractivity contribution is -0.143. The molecule has 1 saturated heterocycles. The molecule has 348 valence electrons. The molecule has 0 saturated carbocycles. The summed E-state index contributed by atoms with van der Waals surface area (Å²) in [6.45, 7) is 6.31. The number of aliphatic hydroxyl groups is 2. The average molecular weight is 881 g/mol. The third kappa shape index (κ3) is 16.0. The Morgan fingerprint density at radius 3 is 1.89 bits per heavy atom. The van der Waals surface area contributed by atoms with Crippen LogP contribution in [-0.4, -0.2) is 164 Å². The van der Waals surface area contributed by atoms with Crippen LogP contribution in [0.5, 0.6) is 0 Å². The van der Waals surface area contributed by atoms with Gasteiger partial charge in [-0.05, 0) is 65.3 Å². The fourth-order valence-electron chi connectivity index (χ4n) is 6.37. The predicted molar refractivity (Wildman–Crippen MR) is 220 cm³/mol. The third-order valence-electron chi connectivity index (χ3n) is 10.3. The highest BCUT2D eigenvalue weighted by atomic mass is 16.4. The number of carbonyl (C=O) groups is 9. The number of imidazole rings is 1. The minimum Gasteiger partial charge on any atom is -0.480 e. The number of nitrogens with one attached hydrogen (secondary N) is 8. The summed E-state index contributed by atoms with van der Waals surface area (Å²) in [6, 6.07) is -11.3. The number of H-pyrrole nitrogens is 1. The Balaban J connectivity index is 2.21. The third-order valence-corrected chi connectivity index (χ3v) is 10.3. The van der Waals surface area contributed by atoms with Gasteiger partial charge < -0.3 is 73.9 Å². The molecule has 0 spiro atoms. The molecule has 10 atom stereocenters. The first-order valence-corrected chi connectivity index (χ1v) is 20.6. The zero-order chi connectivity index (χ0) is 46.7. The van der Waals surface area contributed by atoms with Gasteiger partial charge in [-0.1, -0.05) is 20.3 Å². The molecule has 2 rings (SSSR count). The highest BCUT2D eigenvalue weighted by molar-refractivity contribution is 5.98. The van der Waals surface area contributed by atoms with E-state index < -0.39 is 127 Å². The van der Waals surface area contributed by atoms with E-state index in [0.717, 1.165) is 0 Å². The lowest BCUT2D eigenvalue weighted by atomic mass is 9.97. The smallest absolute Gasteiger partial charge is 0.328 e. The summed E-state index contributed by atoms with van der Waals surface area (Å²) in [4.78, 5) is 125. The van der Waals surface area contributed by atoms with Gasteiger partial charge in [0.2, 0.25) is 47.3 Å². The lowest BCUT2D eigenvalue weighted by Crippen LogP contribution is -2.61. The van der Waals surface area contributed by atoms with Crippen molar-refractivity contribution in [1.29, 1.82) is 0 Å². The molecule has 62 heavy (non-hydrogen) atoms. The number of hydrogen-bond donors (Lipinski definition) is 13. The number of aromatic amines is 1. The van der Waals surface area contributed by atoms with E-state index in [1.807, 2.05) is 0 Å². The molecule has 1 aliphatic heterocycles. The Morgan fingerprint density at radius 2 is 1.34 bits per heavy atom. The van der Waals surface area contributed by atoms with E-state index in [1.54, 1.807) is 13.8 Å². The van der Waals surface area contributed by atoms with Crippen molar-refractivity contribution in [2.45, 2.75) is 134 Å². The summed E-state index contributed by atoms with van der Waals surface area (Å²) in [5.74, 6) is -8.26. The molecule has 1 fully saturated rings. The molecule has 15 N–H and O–H groups in total. The first-order valence-electron chi connectivity index (χ1n) is 20.6. The van der Waals surface area contributed by atoms with Crippen LogP contribution in [0, 0.1) is 5.92 Å². The van der Waals surface area contributed by atoms with Crippen molar-refractivity contribution < 1.29 is 58.5 Å². The van der Waals surface area contributed by atoms with Gasteiger partial charge in [-0.15, -0.1) is 0 Å². The van der Waals surface area contributed by atoms with Gasteiger partial charge in [0.15, 0.2) is 0 Å². The largest absolute Gasteiger partial charge is 0.480 e. The average Bonchev–Trinajstić information content (AvgIpc) is 3.95. The zero-order valence-electron chi connectivity index (χ0n) is 35.8. The Labute approximate surface area is 359 Å². The number of nitrogens with zero attached hydrogens (tertiary/aromatic N) is 2. The van der Waals surface area contributed by atoms with Crippen molar-refractivity contribution in [3.63, 3.8) is 0 Å². The van der Waals surface area contributed by atoms with Crippen LogP contribution < -0.4 is 48.7 Å². The maximum atomic E-state index is 13.8. The second-order valence-electron chi connectivity index (χ2n) is 15.3. The second-order valence-corrected chi connectivity index (χ2v) is 15.3. The van der Waals surface area contributed by atoms with Gasteiger partial charge in [0.1, 0.15) is 48.3 Å². The fraction of sp³-hybridized carbons (Fsp3) is 0.684. The number of likely N-dealkylation sites (tertiary alicyclic amines) is 1. The number of nitrogens with two attached hydrogens (primary N) is 2. The molecule has 0 unspecified atom stereocenters. The fourth-order valence-corrected chi connectivity index (χ4v) is 6.37. The van der Waals surface area contributed by atoms with Gasteiger partial charge in [-0.25, -0.2) is 9.78 Å². The Kier molecular flexibility index (Phi) is 21.9. The van der Waals surface area contributed by atoms with Crippen LogP contribution in [0.2, 0.25) is 0 Å². The number of unbranched alkanes of at least 4 members (excludes halogenated alkanes) is 1. The van der Waals surface area contributed by atoms with Crippen LogP contribution in [0.15, 0.2) is 12.5 Å². The number of carboxylic acids is 1. The highest BCUT2D eigenvalue weighted by Crippen LogP contribution is 2.18. The summed E-state index contributed by atoms with van der Waals surface area (Å²) in [7, 11) is 0. The molecule has 1 aromatic rings. The van der Waals surface area contributed by atoms with E-state index in [1.165, 1.54) is 38.2 Å². The highest BCUT2D eigenvalue weighted by Gasteiger charge is 2.38. The minimum absolute atomic E-state index is 0.0615. The number of carbonyl (C=O) groups excluding carboxylic acids is 8. The van der Waals surface area contributed by atoms with Crippen LogP contribution in [0.1, 0.15) is 78.8 Å². The van der Waals surface area contributed by atoms with E-state index in [-0.39, 0.29) is 19.4 Å². The molecule has 24 heteroatoms. The van der Waals surface area contributed by atoms with Crippen LogP contribution >= 0.6 is 0 Å². The molecule has 0 aliphatic carbocycles. The van der Waals surface area contributed by atoms with Crippen LogP contribution in [0.3, 0.4) is 0 Å². The standard InChI is InChI=1S/C38H64N12O12/c1-6-19(2)29(36(59)45-24(10-7-8-12-39)32(55)43-21(4)31(54)48-27(17-52)38(61)62)49-34(57)26(16-51)47-33(56)25(14-23-15-41-18-42-23)46-30(53)22(5)44-35(58)28-11-9-13-50(28)37(60)20(3)40/h15,18-22,24-29,51-52H,6-14,16-17,39-40H2,1-5H3,(H,41,42)(H,43,55)(H,44,58)(H,45,59)(H,46,53)(H,47,56)(H,48,54)(H,49,57)(H,61,62)/t19-,20-,21-,22-,24-,25-,26-,27-,28-,29-/m0/s1. The van der Waals surface area contributed by atoms with Gasteiger partial charge in [-0.2, -0.15) is 0 Å². The van der Waals surface area contributed by atoms with Crippen molar-refractivity contribution in [2.24, 2.45) is 17.4 Å². The van der Waals surface area contributed by atoms with Crippen LogP contribution in [0.4, 0.5) is 0 Å². The lowest BCUT2D eigenvalue weighted by Gasteiger charge is -2.29. The molecule has 1 aromatic heterocycles. The van der Waals surface area contributed by atoms with Crippen molar-refractivity contribution >= 4 is 53.2 Å². The SMILES string of the molecule is CC[C@H](C)[C@H](NC(=O)[C@H](CO)NC(=O)[C@H](Cc1cnc[nH]1)NC(=O)[C@H](C)NC(=O)[C@@H]1CCCN1C(=O)[C@H](C)N)C(=O)N[C@@H](CCCCN)C(=O)N[C@@H](C)C(=O)N[C@@H](CO)C(=O)O. The summed E-state index contributed by atoms with van der Waals surface area (Å²) in [5, 5.41) is 45.8. The first-order chi connectivity index (χ1) is 29.3. The topological polar surface area (TPSA) is 382 Å². The van der Waals surface area contributed by atoms with Crippen LogP contribution in [0.25, 0.3) is 0 Å². The minimum atomic E-state index is -1.65. The molecule has 2 heterocycles. The van der Waals surface area contributed by atoms with E-state index in [0.29, 0.717) is 44.3 Å². The van der Waals surface area contributed by atoms with Crippen molar-refractivity contribution in [3.8, 4) is 0 Å². The van der Waals surface area contributed by atoms with Crippen LogP contribution in [-0.2, 0) is 49.6 Å². The van der Waals surface area contributed by atoms with Gasteiger partial charge in [0.05, 0.1) is 25.6 Å². The number of hydrogen-bond acceptors (Lipinski definition) is 14. The first kappa shape index (κ1) is 52.4. The monoisotopic (exact) mass is 880 g/mol. The quantitative estimate of drug-likeness (QED) is 0.0388. The second kappa shape index (κ2) is 25.9. The maximum absolute atomic E-state index is 13.8. The van der Waals surface area contributed by atoms with Crippen molar-refractivity contribution in [1.82, 2.24) is 52.1 Å². The van der Waals surface area contributed by atoms with E-state index in [4.69, 9.17) is 16.6 Å². The van der Waals surface area contributed by atoms with Gasteiger partial charge in [-0.3, -0.25) is 38.4 Å². The van der Waals surface area contributed by atoms with Gasteiger partial charge in [0, 0.05) is 24.9 Å². The Bertz CT molecular complexity index is 1700. The number of carboxylic acid groups (broad SMARTS) is 1. The maximum Gasteiger partial charge on any atom is 0.328 e. The molecule has 0 radical (unpaired) electrons. The number of aliphatic carboxylic acids is 1. The molecule has 1 aliphatic rings. The molecule has 24 nitrogen and oxygen atoms in total. The molecular formula is C38H64N12O12. The van der Waals surface area contributed by atoms with E-state index in [2.05, 4.69) is 47.2 Å². The molecular weight excluding hydrogens is 816 g/mol. The summed E-state index contributed by atoms with van der Waals surface area (Å²) >= 11 is 0. The molecule has 8 amide bonds. The molecule has 0 aromatic carbocycles. The summed E-state index contributed by atoms with van der Waals surface area (Å²) < 4.78 is 0. The Morgan fingerprint density at radius 1 is 0.774 bits per heavy atom. The van der Waals surface area contributed by atoms with Gasteiger partial charge >= 0.3 is 5.97 Å². The number of rotatable bonds is 26. The zero-order valence-corrected chi connectivity index (χ0v) is 35.8. The summed E-state index contributed by atoms with van der Waals surface area (Å²) in [6.07, 6.45) is 4.76. The van der Waals surface area contributed by atoms with Crippen molar-refractivity contribution in [2.75, 3.05) is 26.3 Å². The van der Waals surface area contributed by atoms with E-state index >= 15 is 0 Å². The molecule has 0 bridgehead atoms.